The van der Waals surface area contributed by atoms with Crippen LogP contribution in [-0.4, -0.2) is 24.1 Å². The fourth-order valence-electron chi connectivity index (χ4n) is 1.39. The van der Waals surface area contributed by atoms with E-state index in [9.17, 15) is 9.59 Å². The molecule has 0 aromatic heterocycles. The molecule has 0 N–H and O–H groups in total. The van der Waals surface area contributed by atoms with Gasteiger partial charge in [0, 0.05) is 0 Å². The molecule has 4 nitrogen and oxygen atoms in total. The van der Waals surface area contributed by atoms with E-state index >= 15 is 0 Å². The van der Waals surface area contributed by atoms with Crippen molar-refractivity contribution in [2.75, 3.05) is 6.61 Å². The molecule has 0 bridgehead atoms. The molecule has 18 heavy (non-hydrogen) atoms. The second-order valence-corrected chi connectivity index (χ2v) is 6.25. The topological polar surface area (TPSA) is 52.6 Å². The van der Waals surface area contributed by atoms with Crippen molar-refractivity contribution in [2.24, 2.45) is 11.3 Å². The highest BCUT2D eigenvalue weighted by molar-refractivity contribution is 5.96. The molecule has 0 aliphatic rings. The van der Waals surface area contributed by atoms with Crippen LogP contribution < -0.4 is 0 Å². The average Bonchev–Trinajstić information content (AvgIpc) is 2.09. The summed E-state index contributed by atoms with van der Waals surface area (Å²) in [6, 6.07) is 0. The number of hydrogen-bond donors (Lipinski definition) is 0. The summed E-state index contributed by atoms with van der Waals surface area (Å²) in [6.07, 6.45) is 1.46. The largest absolute Gasteiger partial charge is 0.461 e. The summed E-state index contributed by atoms with van der Waals surface area (Å²) in [6.45, 7) is 14.3. The van der Waals surface area contributed by atoms with E-state index in [-0.39, 0.29) is 6.61 Å². The molecular formula is C14H24O4. The summed E-state index contributed by atoms with van der Waals surface area (Å²) in [7, 11) is 0. The number of ether oxygens (including phenoxy) is 2. The van der Waals surface area contributed by atoms with E-state index in [4.69, 9.17) is 9.47 Å². The second kappa shape index (κ2) is 6.03. The first-order valence-corrected chi connectivity index (χ1v) is 5.99. The minimum absolute atomic E-state index is 0.0915. The average molecular weight is 256 g/mol. The minimum Gasteiger partial charge on any atom is -0.461 e. The smallest absolute Gasteiger partial charge is 0.321 e. The molecule has 0 fully saturated rings. The molecule has 1 unspecified atom stereocenters. The van der Waals surface area contributed by atoms with Gasteiger partial charge in [0.15, 0.2) is 5.92 Å². The first kappa shape index (κ1) is 16.7. The number of hydrogen-bond acceptors (Lipinski definition) is 4. The Bertz CT molecular complexity index is 318. The van der Waals surface area contributed by atoms with Gasteiger partial charge in [-0.2, -0.15) is 0 Å². The van der Waals surface area contributed by atoms with Crippen LogP contribution >= 0.6 is 0 Å². The summed E-state index contributed by atoms with van der Waals surface area (Å²) in [5, 5.41) is 0. The van der Waals surface area contributed by atoms with Crippen molar-refractivity contribution in [2.45, 2.75) is 47.1 Å². The van der Waals surface area contributed by atoms with Crippen LogP contribution in [0.15, 0.2) is 12.7 Å². The van der Waals surface area contributed by atoms with Gasteiger partial charge < -0.3 is 9.47 Å². The van der Waals surface area contributed by atoms with E-state index in [0.29, 0.717) is 0 Å². The molecule has 104 valence electrons. The van der Waals surface area contributed by atoms with Gasteiger partial charge >= 0.3 is 11.9 Å². The Balaban J connectivity index is 4.96. The van der Waals surface area contributed by atoms with E-state index in [1.807, 2.05) is 0 Å². The van der Waals surface area contributed by atoms with E-state index in [1.54, 1.807) is 41.5 Å². The first-order chi connectivity index (χ1) is 7.99. The lowest BCUT2D eigenvalue weighted by atomic mass is 9.80. The van der Waals surface area contributed by atoms with Crippen molar-refractivity contribution in [3.8, 4) is 0 Å². The normalized spacial score (nSPS) is 13.7. The molecular weight excluding hydrogens is 232 g/mol. The highest BCUT2D eigenvalue weighted by Crippen LogP contribution is 2.29. The molecule has 0 saturated carbocycles. The molecule has 1 atom stereocenters. The summed E-state index contributed by atoms with van der Waals surface area (Å²) >= 11 is 0. The van der Waals surface area contributed by atoms with Gasteiger partial charge in [-0.1, -0.05) is 33.4 Å². The van der Waals surface area contributed by atoms with Crippen molar-refractivity contribution in [3.63, 3.8) is 0 Å². The van der Waals surface area contributed by atoms with Crippen molar-refractivity contribution in [3.05, 3.63) is 12.7 Å². The summed E-state index contributed by atoms with van der Waals surface area (Å²) in [5.41, 5.74) is -1.18. The Kier molecular flexibility index (Phi) is 5.58. The molecule has 0 rings (SSSR count). The second-order valence-electron chi connectivity index (χ2n) is 6.25. The Labute approximate surface area is 109 Å². The van der Waals surface area contributed by atoms with Crippen LogP contribution in [0.25, 0.3) is 0 Å². The van der Waals surface area contributed by atoms with Gasteiger partial charge in [0.25, 0.3) is 0 Å². The monoisotopic (exact) mass is 256 g/mol. The quantitative estimate of drug-likeness (QED) is 0.441. The van der Waals surface area contributed by atoms with Gasteiger partial charge in [-0.25, -0.2) is 0 Å². The molecule has 0 heterocycles. The minimum atomic E-state index is -0.934. The lowest BCUT2D eigenvalue weighted by Gasteiger charge is -2.30. The fourth-order valence-corrected chi connectivity index (χ4v) is 1.39. The summed E-state index contributed by atoms with van der Waals surface area (Å²) in [4.78, 5) is 24.0. The van der Waals surface area contributed by atoms with Crippen LogP contribution in [0.3, 0.4) is 0 Å². The zero-order chi connectivity index (χ0) is 14.6. The standard InChI is InChI=1S/C14H24O4/c1-8-9-17-11(15)10(13(2,3)4)12(16)18-14(5,6)7/h8,10H,1,9H2,2-7H3. The molecule has 0 saturated heterocycles. The van der Waals surface area contributed by atoms with Crippen LogP contribution in [0.2, 0.25) is 0 Å². The Morgan fingerprint density at radius 2 is 1.61 bits per heavy atom. The lowest BCUT2D eigenvalue weighted by molar-refractivity contribution is -0.173. The maximum atomic E-state index is 12.1. The van der Waals surface area contributed by atoms with E-state index in [2.05, 4.69) is 6.58 Å². The zero-order valence-corrected chi connectivity index (χ0v) is 12.2. The van der Waals surface area contributed by atoms with Gasteiger partial charge in [0.1, 0.15) is 12.2 Å². The van der Waals surface area contributed by atoms with Crippen LogP contribution in [0, 0.1) is 11.3 Å². The van der Waals surface area contributed by atoms with E-state index in [0.717, 1.165) is 0 Å². The van der Waals surface area contributed by atoms with Gasteiger partial charge in [-0.05, 0) is 26.2 Å². The summed E-state index contributed by atoms with van der Waals surface area (Å²) in [5.74, 6) is -2.06. The van der Waals surface area contributed by atoms with Crippen molar-refractivity contribution >= 4 is 11.9 Å². The van der Waals surface area contributed by atoms with Crippen LogP contribution in [-0.2, 0) is 19.1 Å². The molecule has 4 heteroatoms. The highest BCUT2D eigenvalue weighted by Gasteiger charge is 2.41. The van der Waals surface area contributed by atoms with E-state index < -0.39 is 28.9 Å². The van der Waals surface area contributed by atoms with E-state index in [1.165, 1.54) is 6.08 Å². The molecule has 0 radical (unpaired) electrons. The van der Waals surface area contributed by atoms with Crippen molar-refractivity contribution < 1.29 is 19.1 Å². The molecule has 0 spiro atoms. The summed E-state index contributed by atoms with van der Waals surface area (Å²) < 4.78 is 10.2. The Hall–Kier alpha value is -1.32. The molecule has 0 aliphatic heterocycles. The zero-order valence-electron chi connectivity index (χ0n) is 12.2. The third-order valence-electron chi connectivity index (χ3n) is 2.09. The van der Waals surface area contributed by atoms with Gasteiger partial charge in [0.2, 0.25) is 0 Å². The van der Waals surface area contributed by atoms with Crippen molar-refractivity contribution in [1.82, 2.24) is 0 Å². The SMILES string of the molecule is C=CCOC(=O)C(C(=O)OC(C)(C)C)C(C)(C)C. The predicted octanol–water partition coefficient (Wildman–Crippen LogP) is 2.72. The van der Waals surface area contributed by atoms with Gasteiger partial charge in [-0.3, -0.25) is 9.59 Å². The van der Waals surface area contributed by atoms with Crippen LogP contribution in [0.4, 0.5) is 0 Å². The van der Waals surface area contributed by atoms with Crippen LogP contribution in [0.5, 0.6) is 0 Å². The molecule has 0 amide bonds. The van der Waals surface area contributed by atoms with Crippen molar-refractivity contribution in [1.29, 1.82) is 0 Å². The Morgan fingerprint density at radius 1 is 1.11 bits per heavy atom. The lowest BCUT2D eigenvalue weighted by Crippen LogP contribution is -2.41. The first-order valence-electron chi connectivity index (χ1n) is 5.99. The number of carbonyl (C=O) groups is 2. The van der Waals surface area contributed by atoms with Gasteiger partial charge in [-0.15, -0.1) is 0 Å². The van der Waals surface area contributed by atoms with Gasteiger partial charge in [0.05, 0.1) is 0 Å². The fraction of sp³-hybridized carbons (Fsp3) is 0.714. The molecule has 0 aliphatic carbocycles. The maximum Gasteiger partial charge on any atom is 0.321 e. The highest BCUT2D eigenvalue weighted by atomic mass is 16.6. The maximum absolute atomic E-state index is 12.1. The third-order valence-corrected chi connectivity index (χ3v) is 2.09. The number of carbonyl (C=O) groups excluding carboxylic acids is 2. The number of rotatable bonds is 4. The molecule has 0 aromatic rings. The third kappa shape index (κ3) is 5.84. The number of esters is 2. The molecule has 0 aromatic carbocycles. The predicted molar refractivity (Wildman–Crippen MR) is 69.9 cm³/mol. The van der Waals surface area contributed by atoms with Crippen LogP contribution in [0.1, 0.15) is 41.5 Å². The Morgan fingerprint density at radius 3 is 1.94 bits per heavy atom.